The Morgan fingerprint density at radius 1 is 1.41 bits per heavy atom. The van der Waals surface area contributed by atoms with Gasteiger partial charge in [-0.2, -0.15) is 18.4 Å². The lowest BCUT2D eigenvalue weighted by molar-refractivity contribution is -0.137. The van der Waals surface area contributed by atoms with Gasteiger partial charge in [0.25, 0.3) is 0 Å². The number of alkyl halides is 3. The molecule has 1 aromatic carbocycles. The number of hydrogen-bond acceptors (Lipinski definition) is 3. The van der Waals surface area contributed by atoms with Crippen LogP contribution < -0.4 is 10.6 Å². The summed E-state index contributed by atoms with van der Waals surface area (Å²) in [6.45, 7) is 0.423. The zero-order valence-electron chi connectivity index (χ0n) is 9.25. The Morgan fingerprint density at radius 2 is 2.06 bits per heavy atom. The van der Waals surface area contributed by atoms with Gasteiger partial charge < -0.3 is 10.6 Å². The van der Waals surface area contributed by atoms with E-state index in [0.29, 0.717) is 12.2 Å². The molecule has 1 aromatic rings. The molecule has 0 aliphatic carbocycles. The Kier molecular flexibility index (Phi) is 3.84. The van der Waals surface area contributed by atoms with Crippen molar-refractivity contribution in [2.24, 2.45) is 0 Å². The molecule has 17 heavy (non-hydrogen) atoms. The van der Waals surface area contributed by atoms with Crippen molar-refractivity contribution < 1.29 is 13.2 Å². The third kappa shape index (κ3) is 3.28. The number of nitrogens with two attached hydrogens (primary N) is 1. The number of nitriles is 1. The van der Waals surface area contributed by atoms with Crippen LogP contribution in [0.25, 0.3) is 0 Å². The first-order valence-corrected chi connectivity index (χ1v) is 4.91. The third-order valence-electron chi connectivity index (χ3n) is 2.33. The monoisotopic (exact) mass is 243 g/mol. The van der Waals surface area contributed by atoms with E-state index in [4.69, 9.17) is 11.0 Å². The van der Waals surface area contributed by atoms with Crippen LogP contribution in [0.15, 0.2) is 18.2 Å². The zero-order valence-corrected chi connectivity index (χ0v) is 9.25. The second-order valence-electron chi connectivity index (χ2n) is 3.60. The first-order valence-electron chi connectivity index (χ1n) is 4.91. The van der Waals surface area contributed by atoms with Gasteiger partial charge in [0.05, 0.1) is 29.4 Å². The van der Waals surface area contributed by atoms with Crippen molar-refractivity contribution in [3.63, 3.8) is 0 Å². The smallest absolute Gasteiger partial charge is 0.397 e. The fraction of sp³-hybridized carbons (Fsp3) is 0.364. The number of nitrogens with zero attached hydrogens (tertiary/aromatic N) is 2. The average Bonchev–Trinajstić information content (AvgIpc) is 2.24. The Morgan fingerprint density at radius 3 is 2.53 bits per heavy atom. The van der Waals surface area contributed by atoms with E-state index in [1.54, 1.807) is 11.9 Å². The van der Waals surface area contributed by atoms with E-state index >= 15 is 0 Å². The number of nitrogen functional groups attached to an aromatic ring is 1. The van der Waals surface area contributed by atoms with Gasteiger partial charge in [0.2, 0.25) is 0 Å². The van der Waals surface area contributed by atoms with E-state index in [9.17, 15) is 13.2 Å². The molecule has 0 spiro atoms. The van der Waals surface area contributed by atoms with Crippen molar-refractivity contribution in [3.8, 4) is 6.07 Å². The summed E-state index contributed by atoms with van der Waals surface area (Å²) in [6, 6.07) is 5.16. The molecule has 0 aliphatic heterocycles. The first-order chi connectivity index (χ1) is 7.86. The van der Waals surface area contributed by atoms with Crippen LogP contribution in [-0.4, -0.2) is 13.6 Å². The number of halogens is 3. The fourth-order valence-electron chi connectivity index (χ4n) is 1.42. The molecule has 2 N–H and O–H groups in total. The molecule has 6 heteroatoms. The fourth-order valence-corrected chi connectivity index (χ4v) is 1.42. The standard InChI is InChI=1S/C11H12F3N3/c1-17(6-2-5-15)10-4-3-8(7-9(10)16)11(12,13)14/h3-4,7H,2,6,16H2,1H3. The minimum absolute atomic E-state index is 0.0558. The van der Waals surface area contributed by atoms with E-state index in [1.165, 1.54) is 6.07 Å². The molecule has 0 amide bonds. The second-order valence-corrected chi connectivity index (χ2v) is 3.60. The van der Waals surface area contributed by atoms with Crippen molar-refractivity contribution in [2.75, 3.05) is 24.2 Å². The van der Waals surface area contributed by atoms with Gasteiger partial charge in [-0.25, -0.2) is 0 Å². The molecule has 0 aromatic heterocycles. The SMILES string of the molecule is CN(CCC#N)c1ccc(C(F)(F)F)cc1N. The maximum atomic E-state index is 12.4. The van der Waals surface area contributed by atoms with E-state index in [-0.39, 0.29) is 12.1 Å². The van der Waals surface area contributed by atoms with Crippen molar-refractivity contribution in [1.29, 1.82) is 5.26 Å². The highest BCUT2D eigenvalue weighted by Crippen LogP contribution is 2.33. The molecule has 0 saturated carbocycles. The summed E-state index contributed by atoms with van der Waals surface area (Å²) < 4.78 is 37.2. The summed E-state index contributed by atoms with van der Waals surface area (Å²) in [6.07, 6.45) is -4.10. The maximum Gasteiger partial charge on any atom is 0.416 e. The Balaban J connectivity index is 2.94. The van der Waals surface area contributed by atoms with Gasteiger partial charge in [0.1, 0.15) is 0 Å². The molecular weight excluding hydrogens is 231 g/mol. The number of anilines is 2. The summed E-state index contributed by atoms with van der Waals surface area (Å²) >= 11 is 0. The maximum absolute atomic E-state index is 12.4. The van der Waals surface area contributed by atoms with Gasteiger partial charge in [0.15, 0.2) is 0 Å². The minimum atomic E-state index is -4.39. The Labute approximate surface area is 97.2 Å². The van der Waals surface area contributed by atoms with Crippen LogP contribution in [0.4, 0.5) is 24.5 Å². The van der Waals surface area contributed by atoms with Crippen LogP contribution >= 0.6 is 0 Å². The normalized spacial score (nSPS) is 11.0. The van der Waals surface area contributed by atoms with Crippen LogP contribution in [0.5, 0.6) is 0 Å². The predicted octanol–water partition coefficient (Wildman–Crippen LogP) is 2.64. The second kappa shape index (κ2) is 4.95. The molecule has 1 rings (SSSR count). The van der Waals surface area contributed by atoms with E-state index in [2.05, 4.69) is 0 Å². The van der Waals surface area contributed by atoms with E-state index in [0.717, 1.165) is 12.1 Å². The Hall–Kier alpha value is -1.90. The van der Waals surface area contributed by atoms with Gasteiger partial charge in [-0.15, -0.1) is 0 Å². The lowest BCUT2D eigenvalue weighted by Crippen LogP contribution is -2.19. The largest absolute Gasteiger partial charge is 0.416 e. The van der Waals surface area contributed by atoms with Gasteiger partial charge in [-0.1, -0.05) is 0 Å². The summed E-state index contributed by atoms with van der Waals surface area (Å²) in [5, 5.41) is 8.43. The first kappa shape index (κ1) is 13.2. The van der Waals surface area contributed by atoms with Crippen LogP contribution in [0.1, 0.15) is 12.0 Å². The summed E-state index contributed by atoms with van der Waals surface area (Å²) in [7, 11) is 1.68. The summed E-state index contributed by atoms with van der Waals surface area (Å²) in [4.78, 5) is 1.65. The quantitative estimate of drug-likeness (QED) is 0.830. The molecule has 3 nitrogen and oxygen atoms in total. The highest BCUT2D eigenvalue weighted by atomic mass is 19.4. The van der Waals surface area contributed by atoms with Crippen molar-refractivity contribution in [3.05, 3.63) is 23.8 Å². The molecule has 0 fully saturated rings. The predicted molar refractivity (Wildman–Crippen MR) is 59.4 cm³/mol. The number of benzene rings is 1. The summed E-state index contributed by atoms with van der Waals surface area (Å²) in [5.41, 5.74) is 5.34. The molecule has 0 saturated heterocycles. The van der Waals surface area contributed by atoms with Crippen LogP contribution in [0.2, 0.25) is 0 Å². The average molecular weight is 243 g/mol. The van der Waals surface area contributed by atoms with Crippen molar-refractivity contribution >= 4 is 11.4 Å². The molecular formula is C11H12F3N3. The molecule has 0 unspecified atom stereocenters. The lowest BCUT2D eigenvalue weighted by Gasteiger charge is -2.20. The van der Waals surface area contributed by atoms with Gasteiger partial charge in [-0.05, 0) is 18.2 Å². The van der Waals surface area contributed by atoms with Crippen LogP contribution in [0, 0.1) is 11.3 Å². The highest BCUT2D eigenvalue weighted by molar-refractivity contribution is 5.68. The minimum Gasteiger partial charge on any atom is -0.397 e. The number of hydrogen-bond donors (Lipinski definition) is 1. The van der Waals surface area contributed by atoms with E-state index < -0.39 is 11.7 Å². The molecule has 0 heterocycles. The Bertz CT molecular complexity index is 435. The van der Waals surface area contributed by atoms with E-state index in [1.807, 2.05) is 6.07 Å². The van der Waals surface area contributed by atoms with Crippen LogP contribution in [-0.2, 0) is 6.18 Å². The van der Waals surface area contributed by atoms with Crippen LogP contribution in [0.3, 0.4) is 0 Å². The van der Waals surface area contributed by atoms with Crippen molar-refractivity contribution in [2.45, 2.75) is 12.6 Å². The lowest BCUT2D eigenvalue weighted by atomic mass is 10.1. The molecule has 0 aliphatic rings. The summed E-state index contributed by atoms with van der Waals surface area (Å²) in [5.74, 6) is 0. The molecule has 0 bridgehead atoms. The molecule has 0 radical (unpaired) electrons. The topological polar surface area (TPSA) is 53.0 Å². The highest BCUT2D eigenvalue weighted by Gasteiger charge is 2.30. The van der Waals surface area contributed by atoms with Crippen molar-refractivity contribution in [1.82, 2.24) is 0 Å². The molecule has 0 atom stereocenters. The zero-order chi connectivity index (χ0) is 13.1. The van der Waals surface area contributed by atoms with Gasteiger partial charge in [-0.3, -0.25) is 0 Å². The third-order valence-corrected chi connectivity index (χ3v) is 2.33. The van der Waals surface area contributed by atoms with Gasteiger partial charge in [0, 0.05) is 13.6 Å². The molecule has 92 valence electrons. The van der Waals surface area contributed by atoms with Gasteiger partial charge >= 0.3 is 6.18 Å². The number of rotatable bonds is 3.